The van der Waals surface area contributed by atoms with Gasteiger partial charge in [0.15, 0.2) is 0 Å². The second kappa shape index (κ2) is 5.22. The Bertz CT molecular complexity index is 306. The van der Waals surface area contributed by atoms with Gasteiger partial charge in [0.05, 0.1) is 0 Å². The molecule has 0 atom stereocenters. The molecule has 4 heteroatoms. The Kier molecular flexibility index (Phi) is 4.62. The maximum Gasteiger partial charge on any atom is 0.503 e. The van der Waals surface area contributed by atoms with Gasteiger partial charge in [-0.1, -0.05) is 17.7 Å². The van der Waals surface area contributed by atoms with Crippen molar-refractivity contribution in [1.82, 2.24) is 0 Å². The molecular formula is C9H9ClO3. The summed E-state index contributed by atoms with van der Waals surface area (Å²) >= 11 is 5.65. The average molecular weight is 201 g/mol. The van der Waals surface area contributed by atoms with Gasteiger partial charge in [0.25, 0.3) is 0 Å². The first kappa shape index (κ1) is 11.5. The molecular weight excluding hydrogens is 192 g/mol. The number of carboxylic acid groups (broad SMARTS) is 2. The van der Waals surface area contributed by atoms with Crippen molar-refractivity contribution in [1.29, 1.82) is 0 Å². The fourth-order valence-electron chi connectivity index (χ4n) is 0.717. The number of carbonyl (C=O) groups is 1. The second-order valence-electron chi connectivity index (χ2n) is 1.98. The van der Waals surface area contributed by atoms with Crippen molar-refractivity contribution in [2.45, 2.75) is 0 Å². The van der Waals surface area contributed by atoms with Crippen LogP contribution in [0.15, 0.2) is 31.4 Å². The highest BCUT2D eigenvalue weighted by molar-refractivity contribution is 6.35. The van der Waals surface area contributed by atoms with Crippen molar-refractivity contribution in [2.75, 3.05) is 0 Å². The van der Waals surface area contributed by atoms with Crippen LogP contribution in [0.2, 0.25) is 5.02 Å². The Morgan fingerprint density at radius 3 is 1.85 bits per heavy atom. The molecule has 2 aliphatic rings. The van der Waals surface area contributed by atoms with Crippen LogP contribution in [0.1, 0.15) is 0 Å². The SMILES string of the molecule is C=C.Clc1ccc2cc1-2.O=C(O)O. The molecule has 0 fully saturated rings. The van der Waals surface area contributed by atoms with Gasteiger partial charge < -0.3 is 10.2 Å². The highest BCUT2D eigenvalue weighted by Gasteiger charge is 2.14. The number of fused-ring (bicyclic) bond motifs is 1. The molecule has 2 aliphatic carbocycles. The summed E-state index contributed by atoms with van der Waals surface area (Å²) in [4.78, 5) is 8.56. The summed E-state index contributed by atoms with van der Waals surface area (Å²) in [7, 11) is 0. The Hall–Kier alpha value is -1.48. The summed E-state index contributed by atoms with van der Waals surface area (Å²) in [5.41, 5.74) is 2.55. The van der Waals surface area contributed by atoms with Crippen LogP contribution in [0, 0.1) is 0 Å². The van der Waals surface area contributed by atoms with Crippen molar-refractivity contribution in [2.24, 2.45) is 0 Å². The van der Waals surface area contributed by atoms with Crippen molar-refractivity contribution in [3.05, 3.63) is 36.4 Å². The Morgan fingerprint density at radius 1 is 1.31 bits per heavy atom. The average Bonchev–Trinajstić information content (AvgIpc) is 2.76. The fourth-order valence-corrected chi connectivity index (χ4v) is 0.944. The summed E-state index contributed by atoms with van der Waals surface area (Å²) in [6.45, 7) is 6.00. The van der Waals surface area contributed by atoms with E-state index in [0.717, 1.165) is 5.02 Å². The molecule has 0 aromatic rings. The Balaban J connectivity index is 0.000000211. The van der Waals surface area contributed by atoms with E-state index in [2.05, 4.69) is 19.2 Å². The molecule has 0 unspecified atom stereocenters. The molecule has 0 amide bonds. The minimum atomic E-state index is -1.83. The van der Waals surface area contributed by atoms with Gasteiger partial charge in [0, 0.05) is 10.6 Å². The minimum Gasteiger partial charge on any atom is -0.450 e. The van der Waals surface area contributed by atoms with Crippen molar-refractivity contribution < 1.29 is 15.0 Å². The zero-order chi connectivity index (χ0) is 10.4. The lowest BCUT2D eigenvalue weighted by molar-refractivity contribution is 0.137. The second-order valence-corrected chi connectivity index (χ2v) is 2.38. The van der Waals surface area contributed by atoms with Gasteiger partial charge in [-0.25, -0.2) is 4.79 Å². The van der Waals surface area contributed by atoms with Gasteiger partial charge in [-0.05, 0) is 17.7 Å². The highest BCUT2D eigenvalue weighted by atomic mass is 35.5. The predicted octanol–water partition coefficient (Wildman–Crippen LogP) is 3.35. The first-order valence-corrected chi connectivity index (χ1v) is 3.71. The third-order valence-corrected chi connectivity index (χ3v) is 1.52. The standard InChI is InChI=1S/C6H3Cl.C2H4.CH2O3/c7-6-2-1-4-3-5(4)6;1-2;2-1(3)4/h1-3H;1-2H2;(H2,2,3,4). The van der Waals surface area contributed by atoms with Crippen LogP contribution in [0.4, 0.5) is 4.79 Å². The number of benzene rings is 1. The fraction of sp³-hybridized carbons (Fsp3) is 0. The third kappa shape index (κ3) is 4.18. The van der Waals surface area contributed by atoms with Gasteiger partial charge in [-0.2, -0.15) is 0 Å². The molecule has 3 nitrogen and oxygen atoms in total. The predicted molar refractivity (Wildman–Crippen MR) is 52.4 cm³/mol. The Labute approximate surface area is 80.9 Å². The maximum atomic E-state index is 8.56. The van der Waals surface area contributed by atoms with Crippen LogP contribution in [-0.4, -0.2) is 16.4 Å². The number of hydrogen-bond donors (Lipinski definition) is 2. The summed E-state index contributed by atoms with van der Waals surface area (Å²) < 4.78 is 0. The third-order valence-electron chi connectivity index (χ3n) is 1.19. The lowest BCUT2D eigenvalue weighted by Gasteiger charge is -1.68. The molecule has 0 saturated carbocycles. The molecule has 0 heterocycles. The highest BCUT2D eigenvalue weighted by Crippen LogP contribution is 2.40. The molecule has 0 aliphatic heterocycles. The first-order valence-electron chi connectivity index (χ1n) is 3.33. The number of halogens is 1. The summed E-state index contributed by atoms with van der Waals surface area (Å²) in [6.07, 6.45) is -1.83. The van der Waals surface area contributed by atoms with E-state index in [4.69, 9.17) is 26.6 Å². The molecule has 0 aromatic carbocycles. The number of hydrogen-bond acceptors (Lipinski definition) is 1. The monoisotopic (exact) mass is 200 g/mol. The van der Waals surface area contributed by atoms with Crippen molar-refractivity contribution in [3.63, 3.8) is 0 Å². The molecule has 2 N–H and O–H groups in total. The van der Waals surface area contributed by atoms with Gasteiger partial charge in [0.1, 0.15) is 0 Å². The van der Waals surface area contributed by atoms with Crippen LogP contribution < -0.4 is 0 Å². The lowest BCUT2D eigenvalue weighted by atomic mass is 10.5. The molecule has 0 bridgehead atoms. The molecule has 0 radical (unpaired) electrons. The van der Waals surface area contributed by atoms with Gasteiger partial charge in [0.2, 0.25) is 0 Å². The lowest BCUT2D eigenvalue weighted by Crippen LogP contribution is -1.81. The largest absolute Gasteiger partial charge is 0.503 e. The zero-order valence-electron chi connectivity index (χ0n) is 6.83. The quantitative estimate of drug-likeness (QED) is 0.642. The van der Waals surface area contributed by atoms with E-state index in [0.29, 0.717) is 0 Å². The van der Waals surface area contributed by atoms with Crippen LogP contribution in [0.5, 0.6) is 0 Å². The summed E-state index contributed by atoms with van der Waals surface area (Å²) in [6, 6.07) is 6.02. The van der Waals surface area contributed by atoms with E-state index >= 15 is 0 Å². The molecule has 0 spiro atoms. The Morgan fingerprint density at radius 2 is 1.77 bits per heavy atom. The van der Waals surface area contributed by atoms with E-state index in [1.54, 1.807) is 0 Å². The normalized spacial score (nSPS) is 8.38. The molecule has 0 saturated heterocycles. The van der Waals surface area contributed by atoms with Crippen LogP contribution >= 0.6 is 11.6 Å². The number of rotatable bonds is 0. The topological polar surface area (TPSA) is 57.5 Å². The van der Waals surface area contributed by atoms with Gasteiger partial charge in [-0.3, -0.25) is 0 Å². The van der Waals surface area contributed by atoms with E-state index in [1.807, 2.05) is 12.1 Å². The molecule has 70 valence electrons. The molecule has 2 rings (SSSR count). The smallest absolute Gasteiger partial charge is 0.450 e. The zero-order valence-corrected chi connectivity index (χ0v) is 7.58. The van der Waals surface area contributed by atoms with Crippen molar-refractivity contribution >= 4 is 17.8 Å². The van der Waals surface area contributed by atoms with E-state index in [-0.39, 0.29) is 0 Å². The minimum absolute atomic E-state index is 0.898. The summed E-state index contributed by atoms with van der Waals surface area (Å²) in [5, 5.41) is 14.8. The van der Waals surface area contributed by atoms with Crippen LogP contribution in [0.3, 0.4) is 0 Å². The van der Waals surface area contributed by atoms with Crippen LogP contribution in [0.25, 0.3) is 11.1 Å². The maximum absolute atomic E-state index is 8.56. The van der Waals surface area contributed by atoms with E-state index < -0.39 is 6.16 Å². The molecule has 0 aromatic heterocycles. The van der Waals surface area contributed by atoms with E-state index in [1.165, 1.54) is 11.1 Å². The summed E-state index contributed by atoms with van der Waals surface area (Å²) in [5.74, 6) is 0. The molecule has 13 heavy (non-hydrogen) atoms. The van der Waals surface area contributed by atoms with Gasteiger partial charge >= 0.3 is 6.16 Å². The van der Waals surface area contributed by atoms with Gasteiger partial charge in [-0.15, -0.1) is 13.2 Å². The van der Waals surface area contributed by atoms with Crippen LogP contribution in [-0.2, 0) is 0 Å². The van der Waals surface area contributed by atoms with Crippen molar-refractivity contribution in [3.8, 4) is 11.1 Å². The van der Waals surface area contributed by atoms with E-state index in [9.17, 15) is 0 Å². The first-order chi connectivity index (χ1) is 6.11.